The Morgan fingerprint density at radius 3 is 2.59 bits per heavy atom. The van der Waals surface area contributed by atoms with Crippen molar-refractivity contribution in [2.24, 2.45) is 0 Å². The predicted octanol–water partition coefficient (Wildman–Crippen LogP) is 7.55. The molecule has 0 aliphatic rings. The molecule has 5 aromatic rings. The van der Waals surface area contributed by atoms with E-state index in [4.69, 9.17) is 16.3 Å². The molecule has 0 saturated carbocycles. The lowest BCUT2D eigenvalue weighted by Gasteiger charge is -2.08. The topological polar surface area (TPSA) is 53.7 Å². The van der Waals surface area contributed by atoms with Crippen LogP contribution >= 0.6 is 11.6 Å². The highest BCUT2D eigenvalue weighted by molar-refractivity contribution is 6.31. The van der Waals surface area contributed by atoms with E-state index in [0.717, 1.165) is 71.8 Å². The number of unbranched alkanes of at least 4 members (excludes halogenated alkanes) is 3. The molecule has 2 N–H and O–H groups in total. The van der Waals surface area contributed by atoms with Gasteiger partial charge in [0.2, 0.25) is 0 Å². The Labute approximate surface area is 192 Å². The number of nitrogens with one attached hydrogen (secondary N) is 2. The molecule has 0 spiro atoms. The Morgan fingerprint density at radius 2 is 1.69 bits per heavy atom. The molecule has 0 amide bonds. The van der Waals surface area contributed by atoms with E-state index >= 15 is 0 Å². The number of halogens is 1. The van der Waals surface area contributed by atoms with E-state index in [-0.39, 0.29) is 0 Å². The summed E-state index contributed by atoms with van der Waals surface area (Å²) in [7, 11) is 0. The second kappa shape index (κ2) is 9.49. The molecule has 0 saturated heterocycles. The van der Waals surface area contributed by atoms with E-state index in [0.29, 0.717) is 0 Å². The first-order chi connectivity index (χ1) is 15.8. The van der Waals surface area contributed by atoms with Crippen molar-refractivity contribution in [2.45, 2.75) is 32.1 Å². The first-order valence-electron chi connectivity index (χ1n) is 11.2. The molecule has 0 unspecified atom stereocenters. The van der Waals surface area contributed by atoms with E-state index in [9.17, 15) is 0 Å². The van der Waals surface area contributed by atoms with Crippen molar-refractivity contribution >= 4 is 33.4 Å². The number of aryl methyl sites for hydroxylation is 1. The van der Waals surface area contributed by atoms with Crippen LogP contribution in [0, 0.1) is 0 Å². The zero-order valence-corrected chi connectivity index (χ0v) is 18.7. The number of aromatic amines is 2. The minimum Gasteiger partial charge on any atom is -0.494 e. The van der Waals surface area contributed by atoms with Gasteiger partial charge >= 0.3 is 0 Å². The SMILES string of the molecule is Clc1ccc(-c2ccn[nH]2)cc1CCCCCCOc1ccc2c(c1)[nH]c1ccccc12. The van der Waals surface area contributed by atoms with Crippen LogP contribution in [-0.4, -0.2) is 21.8 Å². The van der Waals surface area contributed by atoms with Crippen molar-refractivity contribution in [1.82, 2.24) is 15.2 Å². The molecule has 0 atom stereocenters. The maximum atomic E-state index is 6.41. The molecular formula is C27H26ClN3O. The molecule has 0 fully saturated rings. The molecule has 3 aromatic carbocycles. The van der Waals surface area contributed by atoms with Crippen molar-refractivity contribution in [1.29, 1.82) is 0 Å². The van der Waals surface area contributed by atoms with Gasteiger partial charge in [0.25, 0.3) is 0 Å². The van der Waals surface area contributed by atoms with Gasteiger partial charge in [-0.3, -0.25) is 5.10 Å². The van der Waals surface area contributed by atoms with Gasteiger partial charge in [-0.15, -0.1) is 0 Å². The lowest BCUT2D eigenvalue weighted by Crippen LogP contribution is -1.97. The van der Waals surface area contributed by atoms with Crippen LogP contribution in [0.15, 0.2) is 72.9 Å². The van der Waals surface area contributed by atoms with Crippen LogP contribution in [0.2, 0.25) is 5.02 Å². The summed E-state index contributed by atoms with van der Waals surface area (Å²) >= 11 is 6.41. The molecule has 5 heteroatoms. The lowest BCUT2D eigenvalue weighted by molar-refractivity contribution is 0.305. The largest absolute Gasteiger partial charge is 0.494 e. The van der Waals surface area contributed by atoms with Crippen LogP contribution < -0.4 is 4.74 Å². The van der Waals surface area contributed by atoms with Gasteiger partial charge in [-0.2, -0.15) is 5.10 Å². The Balaban J connectivity index is 1.07. The fraction of sp³-hybridized carbons (Fsp3) is 0.222. The number of nitrogens with zero attached hydrogens (tertiary/aromatic N) is 1. The van der Waals surface area contributed by atoms with Crippen molar-refractivity contribution < 1.29 is 4.74 Å². The normalized spacial score (nSPS) is 11.4. The minimum atomic E-state index is 0.738. The maximum absolute atomic E-state index is 6.41. The molecule has 5 rings (SSSR count). The molecule has 0 bridgehead atoms. The quantitative estimate of drug-likeness (QED) is 0.231. The third kappa shape index (κ3) is 4.51. The second-order valence-electron chi connectivity index (χ2n) is 8.17. The number of ether oxygens (including phenoxy) is 1. The number of benzene rings is 3. The standard InChI is InChI=1S/C27H26ClN3O/c28-24-13-10-20(25-14-15-29-31-25)17-19(24)7-3-1-2-6-16-32-21-11-12-23-22-8-4-5-9-26(22)30-27(23)18-21/h4-5,8-15,17-18,30H,1-3,6-7,16H2,(H,29,31). The zero-order chi connectivity index (χ0) is 21.8. The van der Waals surface area contributed by atoms with Crippen molar-refractivity contribution in [3.63, 3.8) is 0 Å². The van der Waals surface area contributed by atoms with Crippen LogP contribution in [0.3, 0.4) is 0 Å². The molecule has 2 heterocycles. The zero-order valence-electron chi connectivity index (χ0n) is 17.9. The Bertz CT molecular complexity index is 1320. The summed E-state index contributed by atoms with van der Waals surface area (Å²) < 4.78 is 6.00. The summed E-state index contributed by atoms with van der Waals surface area (Å²) in [5, 5.41) is 10.4. The van der Waals surface area contributed by atoms with Gasteiger partial charge in [0.1, 0.15) is 5.75 Å². The van der Waals surface area contributed by atoms with Gasteiger partial charge < -0.3 is 9.72 Å². The molecular weight excluding hydrogens is 418 g/mol. The Kier molecular flexibility index (Phi) is 6.13. The molecule has 0 aliphatic heterocycles. The average molecular weight is 444 g/mol. The number of fused-ring (bicyclic) bond motifs is 3. The molecule has 0 aliphatic carbocycles. The van der Waals surface area contributed by atoms with Gasteiger partial charge in [-0.25, -0.2) is 0 Å². The van der Waals surface area contributed by atoms with E-state index in [1.54, 1.807) is 6.20 Å². The number of aromatic nitrogens is 3. The highest BCUT2D eigenvalue weighted by Gasteiger charge is 2.06. The first kappa shape index (κ1) is 20.7. The summed E-state index contributed by atoms with van der Waals surface area (Å²) in [6.45, 7) is 0.738. The van der Waals surface area contributed by atoms with Crippen LogP contribution in [0.25, 0.3) is 33.1 Å². The minimum absolute atomic E-state index is 0.738. The molecule has 32 heavy (non-hydrogen) atoms. The summed E-state index contributed by atoms with van der Waals surface area (Å²) in [4.78, 5) is 3.47. The Hall–Kier alpha value is -3.24. The van der Waals surface area contributed by atoms with Crippen molar-refractivity contribution in [3.05, 3.63) is 83.5 Å². The fourth-order valence-electron chi connectivity index (χ4n) is 4.24. The van der Waals surface area contributed by atoms with Crippen LogP contribution in [0.1, 0.15) is 31.2 Å². The summed E-state index contributed by atoms with van der Waals surface area (Å²) in [6.07, 6.45) is 7.23. The van der Waals surface area contributed by atoms with Gasteiger partial charge in [0, 0.05) is 33.6 Å². The van der Waals surface area contributed by atoms with E-state index < -0.39 is 0 Å². The highest BCUT2D eigenvalue weighted by Crippen LogP contribution is 2.28. The third-order valence-electron chi connectivity index (χ3n) is 5.94. The van der Waals surface area contributed by atoms with E-state index in [1.165, 1.54) is 16.3 Å². The smallest absolute Gasteiger partial charge is 0.121 e. The van der Waals surface area contributed by atoms with Gasteiger partial charge in [0.15, 0.2) is 0 Å². The monoisotopic (exact) mass is 443 g/mol. The number of hydrogen-bond donors (Lipinski definition) is 2. The van der Waals surface area contributed by atoms with E-state index in [1.807, 2.05) is 18.2 Å². The van der Waals surface area contributed by atoms with Gasteiger partial charge in [-0.05, 0) is 66.8 Å². The van der Waals surface area contributed by atoms with Gasteiger partial charge in [-0.1, -0.05) is 48.7 Å². The summed E-state index contributed by atoms with van der Waals surface area (Å²) in [5.41, 5.74) is 5.63. The molecule has 2 aromatic heterocycles. The summed E-state index contributed by atoms with van der Waals surface area (Å²) in [5.74, 6) is 0.923. The van der Waals surface area contributed by atoms with Crippen molar-refractivity contribution in [3.8, 4) is 17.0 Å². The summed E-state index contributed by atoms with van der Waals surface area (Å²) in [6, 6.07) is 22.8. The number of H-pyrrole nitrogens is 2. The number of hydrogen-bond acceptors (Lipinski definition) is 2. The average Bonchev–Trinajstić information content (AvgIpc) is 3.47. The number of rotatable bonds is 9. The van der Waals surface area contributed by atoms with Crippen molar-refractivity contribution in [2.75, 3.05) is 6.61 Å². The fourth-order valence-corrected chi connectivity index (χ4v) is 4.45. The lowest BCUT2D eigenvalue weighted by atomic mass is 10.0. The third-order valence-corrected chi connectivity index (χ3v) is 6.31. The first-order valence-corrected chi connectivity index (χ1v) is 11.6. The molecule has 162 valence electrons. The van der Waals surface area contributed by atoms with Crippen LogP contribution in [0.5, 0.6) is 5.75 Å². The van der Waals surface area contributed by atoms with Gasteiger partial charge in [0.05, 0.1) is 17.8 Å². The molecule has 0 radical (unpaired) electrons. The Morgan fingerprint density at radius 1 is 0.812 bits per heavy atom. The number of para-hydroxylation sites is 1. The predicted molar refractivity (Wildman–Crippen MR) is 133 cm³/mol. The highest BCUT2D eigenvalue weighted by atomic mass is 35.5. The van der Waals surface area contributed by atoms with Crippen LogP contribution in [0.4, 0.5) is 0 Å². The second-order valence-corrected chi connectivity index (χ2v) is 8.57. The maximum Gasteiger partial charge on any atom is 0.121 e. The van der Waals surface area contributed by atoms with Crippen LogP contribution in [-0.2, 0) is 6.42 Å². The van der Waals surface area contributed by atoms with E-state index in [2.05, 4.69) is 63.7 Å². The molecule has 4 nitrogen and oxygen atoms in total.